The molecule has 5 rings (SSSR count). The zero-order chi connectivity index (χ0) is 35.5. The van der Waals surface area contributed by atoms with E-state index in [0.717, 1.165) is 41.0 Å². The van der Waals surface area contributed by atoms with Gasteiger partial charge in [-0.2, -0.15) is 0 Å². The lowest BCUT2D eigenvalue weighted by atomic mass is 9.93. The number of rotatable bonds is 11. The molecular formula is C38H45BrClN3O6. The van der Waals surface area contributed by atoms with Gasteiger partial charge in [-0.05, 0) is 108 Å². The molecule has 1 heterocycles. The summed E-state index contributed by atoms with van der Waals surface area (Å²) in [6, 6.07) is 18.7. The Balaban J connectivity index is 0.000000229. The van der Waals surface area contributed by atoms with Crippen LogP contribution in [0.25, 0.3) is 10.9 Å². The Kier molecular flexibility index (Phi) is 14.1. The van der Waals surface area contributed by atoms with Crippen molar-refractivity contribution < 1.29 is 28.6 Å². The number of hydrogen-bond acceptors (Lipinski definition) is 8. The first kappa shape index (κ1) is 38.0. The molecule has 4 aromatic rings. The molecule has 49 heavy (non-hydrogen) atoms. The van der Waals surface area contributed by atoms with Crippen molar-refractivity contribution in [2.45, 2.75) is 71.9 Å². The van der Waals surface area contributed by atoms with Crippen LogP contribution < -0.4 is 10.5 Å². The van der Waals surface area contributed by atoms with E-state index in [4.69, 9.17) is 31.5 Å². The second-order valence-corrected chi connectivity index (χ2v) is 13.4. The lowest BCUT2D eigenvalue weighted by molar-refractivity contribution is -0.141. The number of fused-ring (bicyclic) bond motifs is 1. The monoisotopic (exact) mass is 753 g/mol. The third-order valence-electron chi connectivity index (χ3n) is 8.64. The minimum absolute atomic E-state index is 0.0654. The van der Waals surface area contributed by atoms with Gasteiger partial charge in [0.25, 0.3) is 5.91 Å². The lowest BCUT2D eigenvalue weighted by Gasteiger charge is -2.34. The van der Waals surface area contributed by atoms with Crippen molar-refractivity contribution in [1.29, 1.82) is 0 Å². The van der Waals surface area contributed by atoms with Crippen LogP contribution in [0, 0.1) is 6.92 Å². The molecule has 0 bridgehead atoms. The zero-order valence-corrected chi connectivity index (χ0v) is 30.9. The summed E-state index contributed by atoms with van der Waals surface area (Å²) in [5.74, 6) is -0.0229. The van der Waals surface area contributed by atoms with Gasteiger partial charge in [0.2, 0.25) is 0 Å². The van der Waals surface area contributed by atoms with Crippen molar-refractivity contribution >= 4 is 62.0 Å². The Morgan fingerprint density at radius 2 is 1.65 bits per heavy atom. The van der Waals surface area contributed by atoms with E-state index >= 15 is 0 Å². The van der Waals surface area contributed by atoms with Crippen LogP contribution in [-0.2, 0) is 20.8 Å². The van der Waals surface area contributed by atoms with Crippen LogP contribution in [0.5, 0.6) is 5.75 Å². The maximum Gasteiger partial charge on any atom is 0.338 e. The van der Waals surface area contributed by atoms with E-state index in [9.17, 15) is 14.4 Å². The van der Waals surface area contributed by atoms with Crippen molar-refractivity contribution in [1.82, 2.24) is 9.47 Å². The third-order valence-corrected chi connectivity index (χ3v) is 9.54. The molecule has 0 atom stereocenters. The summed E-state index contributed by atoms with van der Waals surface area (Å²) in [7, 11) is 1.63. The quantitative estimate of drug-likeness (QED) is 0.0921. The number of esters is 2. The fourth-order valence-corrected chi connectivity index (χ4v) is 6.69. The van der Waals surface area contributed by atoms with Crippen molar-refractivity contribution in [2.75, 3.05) is 32.6 Å². The Labute approximate surface area is 301 Å². The molecule has 9 nitrogen and oxygen atoms in total. The number of ether oxygens (including phenoxy) is 3. The summed E-state index contributed by atoms with van der Waals surface area (Å²) in [5.41, 5.74) is 10.7. The van der Waals surface area contributed by atoms with E-state index in [2.05, 4.69) is 27.8 Å². The molecule has 1 fully saturated rings. The van der Waals surface area contributed by atoms with Crippen LogP contribution in [0.3, 0.4) is 0 Å². The number of aryl methyl sites for hydroxylation is 1. The number of hydrogen-bond donors (Lipinski definition) is 1. The first-order chi connectivity index (χ1) is 23.5. The number of aromatic nitrogens is 1. The van der Waals surface area contributed by atoms with Gasteiger partial charge in [-0.3, -0.25) is 19.1 Å². The molecule has 11 heteroatoms. The summed E-state index contributed by atoms with van der Waals surface area (Å²) < 4.78 is 17.8. The van der Waals surface area contributed by atoms with E-state index in [1.54, 1.807) is 42.0 Å². The molecule has 0 saturated heterocycles. The molecule has 262 valence electrons. The van der Waals surface area contributed by atoms with Crippen LogP contribution >= 0.6 is 27.5 Å². The Morgan fingerprint density at radius 1 is 0.959 bits per heavy atom. The highest BCUT2D eigenvalue weighted by Gasteiger charge is 2.22. The van der Waals surface area contributed by atoms with E-state index in [1.807, 2.05) is 37.3 Å². The first-order valence-corrected chi connectivity index (χ1v) is 17.8. The topological polar surface area (TPSA) is 113 Å². The third kappa shape index (κ3) is 10.3. The molecule has 1 aliphatic rings. The van der Waals surface area contributed by atoms with E-state index in [0.29, 0.717) is 38.8 Å². The van der Waals surface area contributed by atoms with Crippen molar-refractivity contribution in [3.8, 4) is 5.75 Å². The van der Waals surface area contributed by atoms with Gasteiger partial charge in [-0.25, -0.2) is 4.79 Å². The van der Waals surface area contributed by atoms with Crippen LogP contribution in [0.1, 0.15) is 84.3 Å². The normalized spacial score (nSPS) is 13.1. The highest BCUT2D eigenvalue weighted by Crippen LogP contribution is 2.30. The van der Waals surface area contributed by atoms with Gasteiger partial charge in [0.05, 0.1) is 37.1 Å². The number of methoxy groups -OCH3 is 1. The van der Waals surface area contributed by atoms with E-state index in [-0.39, 0.29) is 25.1 Å². The summed E-state index contributed by atoms with van der Waals surface area (Å²) in [4.78, 5) is 38.3. The predicted molar refractivity (Wildman–Crippen MR) is 197 cm³/mol. The van der Waals surface area contributed by atoms with Gasteiger partial charge in [-0.1, -0.05) is 37.8 Å². The molecule has 0 amide bonds. The number of nitrogens with zero attached hydrogens (tertiary/aromatic N) is 2. The Morgan fingerprint density at radius 3 is 2.31 bits per heavy atom. The number of nitrogens with two attached hydrogens (primary N) is 1. The molecule has 1 saturated carbocycles. The standard InChI is InChI=1S/C21H31BrN2O4.C17H14ClNO2/c1-3-24(18-8-5-4-6-9-18)14-17-12-16(13-19(22)20(17)23)21(26)28-11-7-10-27-15(2)25;1-11-9-13-10-15(21-2)7-8-16(13)19(11)17(20)12-3-5-14(18)6-4-12/h12-13,18H,3-11,14,23H2,1-2H3;3-10H,1-2H3. The molecular weight excluding hydrogens is 710 g/mol. The minimum atomic E-state index is -0.398. The largest absolute Gasteiger partial charge is 0.497 e. The van der Waals surface area contributed by atoms with Crippen molar-refractivity contribution in [3.05, 3.63) is 92.5 Å². The molecule has 0 radical (unpaired) electrons. The van der Waals surface area contributed by atoms with Gasteiger partial charge in [0, 0.05) is 52.1 Å². The summed E-state index contributed by atoms with van der Waals surface area (Å²) in [5, 5.41) is 1.60. The Hall–Kier alpha value is -3.86. The Bertz CT molecular complexity index is 1750. The second-order valence-electron chi connectivity index (χ2n) is 12.1. The highest BCUT2D eigenvalue weighted by molar-refractivity contribution is 9.10. The van der Waals surface area contributed by atoms with Gasteiger partial charge < -0.3 is 19.9 Å². The number of nitrogen functional groups attached to an aromatic ring is 1. The number of anilines is 1. The second kappa shape index (κ2) is 18.2. The summed E-state index contributed by atoms with van der Waals surface area (Å²) in [6.07, 6.45) is 6.79. The number of benzene rings is 3. The molecule has 0 aliphatic heterocycles. The molecule has 1 aliphatic carbocycles. The van der Waals surface area contributed by atoms with Gasteiger partial charge >= 0.3 is 11.9 Å². The predicted octanol–water partition coefficient (Wildman–Crippen LogP) is 8.60. The summed E-state index contributed by atoms with van der Waals surface area (Å²) in [6.45, 7) is 7.55. The highest BCUT2D eigenvalue weighted by atomic mass is 79.9. The SMILES string of the molecule is CCN(Cc1cc(C(=O)OCCCOC(C)=O)cc(Br)c1N)C1CCCCC1.COc1ccc2c(c1)cc(C)n2C(=O)c1ccc(Cl)cc1. The number of carbonyl (C=O) groups excluding carboxylic acids is 3. The lowest BCUT2D eigenvalue weighted by Crippen LogP contribution is -2.36. The maximum absolute atomic E-state index is 12.7. The molecule has 1 aromatic heterocycles. The average Bonchev–Trinajstić information content (AvgIpc) is 3.43. The maximum atomic E-state index is 12.7. The summed E-state index contributed by atoms with van der Waals surface area (Å²) >= 11 is 9.34. The van der Waals surface area contributed by atoms with Crippen LogP contribution in [0.2, 0.25) is 5.02 Å². The molecule has 0 spiro atoms. The smallest absolute Gasteiger partial charge is 0.338 e. The van der Waals surface area contributed by atoms with Gasteiger partial charge in [0.1, 0.15) is 5.75 Å². The number of carbonyl (C=O) groups is 3. The van der Waals surface area contributed by atoms with Gasteiger partial charge in [0.15, 0.2) is 0 Å². The fourth-order valence-electron chi connectivity index (χ4n) is 6.06. The van der Waals surface area contributed by atoms with Crippen molar-refractivity contribution in [2.24, 2.45) is 0 Å². The average molecular weight is 755 g/mol. The zero-order valence-electron chi connectivity index (χ0n) is 28.6. The molecule has 0 unspecified atom stereocenters. The fraction of sp³-hybridized carbons (Fsp3) is 0.395. The van der Waals surface area contributed by atoms with Gasteiger partial charge in [-0.15, -0.1) is 0 Å². The molecule has 2 N–H and O–H groups in total. The van der Waals surface area contributed by atoms with Crippen LogP contribution in [-0.4, -0.2) is 60.2 Å². The number of halogens is 2. The van der Waals surface area contributed by atoms with Crippen LogP contribution in [0.4, 0.5) is 5.69 Å². The molecule has 3 aromatic carbocycles. The van der Waals surface area contributed by atoms with E-state index in [1.165, 1.54) is 39.0 Å². The first-order valence-electron chi connectivity index (χ1n) is 16.6. The van der Waals surface area contributed by atoms with Crippen LogP contribution in [0.15, 0.2) is 65.1 Å². The minimum Gasteiger partial charge on any atom is -0.497 e. The van der Waals surface area contributed by atoms with E-state index < -0.39 is 5.97 Å². The van der Waals surface area contributed by atoms with Crippen molar-refractivity contribution in [3.63, 3.8) is 0 Å².